The number of carbonyl (C=O) groups is 1. The number of rotatable bonds is 8. The Morgan fingerprint density at radius 2 is 1.71 bits per heavy atom. The highest BCUT2D eigenvalue weighted by atomic mass is 79.9. The van der Waals surface area contributed by atoms with Gasteiger partial charge in [-0.2, -0.15) is 0 Å². The second-order valence-electron chi connectivity index (χ2n) is 9.00. The number of carbonyl (C=O) groups excluding carboxylic acids is 1. The Morgan fingerprint density at radius 3 is 2.32 bits per heavy atom. The van der Waals surface area contributed by atoms with Crippen LogP contribution in [-0.2, 0) is 21.4 Å². The van der Waals surface area contributed by atoms with Crippen LogP contribution < -0.4 is 0 Å². The topological polar surface area (TPSA) is 26.3 Å². The molecule has 0 unspecified atom stereocenters. The maximum Gasteiger partial charge on any atom is 0.316 e. The molecule has 2 saturated carbocycles. The van der Waals surface area contributed by atoms with Crippen molar-refractivity contribution in [2.24, 2.45) is 5.92 Å². The van der Waals surface area contributed by atoms with Gasteiger partial charge in [0, 0.05) is 5.33 Å². The predicted octanol–water partition coefficient (Wildman–Crippen LogP) is 7.12. The van der Waals surface area contributed by atoms with Crippen LogP contribution in [0.4, 0.5) is 0 Å². The van der Waals surface area contributed by atoms with Crippen LogP contribution in [0.1, 0.15) is 95.1 Å². The number of hydrogen-bond donors (Lipinski definition) is 0. The zero-order valence-corrected chi connectivity index (χ0v) is 19.1. The van der Waals surface area contributed by atoms with E-state index in [4.69, 9.17) is 4.74 Å². The van der Waals surface area contributed by atoms with E-state index in [1.165, 1.54) is 49.7 Å². The van der Waals surface area contributed by atoms with Crippen molar-refractivity contribution in [3.8, 4) is 0 Å². The Labute approximate surface area is 179 Å². The van der Waals surface area contributed by atoms with E-state index in [9.17, 15) is 4.79 Å². The Morgan fingerprint density at radius 1 is 1.04 bits per heavy atom. The Hall–Kier alpha value is -0.830. The molecule has 0 amide bonds. The van der Waals surface area contributed by atoms with Crippen LogP contribution >= 0.6 is 15.9 Å². The summed E-state index contributed by atoms with van der Waals surface area (Å²) >= 11 is 3.60. The number of esters is 1. The Kier molecular flexibility index (Phi) is 8.44. The molecule has 3 heteroatoms. The average Bonchev–Trinajstić information content (AvgIpc) is 2.75. The van der Waals surface area contributed by atoms with Crippen molar-refractivity contribution >= 4 is 21.9 Å². The van der Waals surface area contributed by atoms with E-state index in [1.807, 2.05) is 0 Å². The molecule has 2 aliphatic carbocycles. The van der Waals surface area contributed by atoms with Gasteiger partial charge >= 0.3 is 5.97 Å². The van der Waals surface area contributed by atoms with E-state index in [1.54, 1.807) is 0 Å². The first kappa shape index (κ1) is 21.9. The summed E-state index contributed by atoms with van der Waals surface area (Å²) < 4.78 is 6.14. The van der Waals surface area contributed by atoms with Gasteiger partial charge in [-0.3, -0.25) is 4.79 Å². The lowest BCUT2D eigenvalue weighted by Crippen LogP contribution is -2.41. The summed E-state index contributed by atoms with van der Waals surface area (Å²) in [7, 11) is 0. The molecule has 0 aliphatic heterocycles. The van der Waals surface area contributed by atoms with Crippen LogP contribution in [0.2, 0.25) is 0 Å². The summed E-state index contributed by atoms with van der Waals surface area (Å²) in [6.45, 7) is 2.24. The Bertz CT molecular complexity index is 595. The number of ether oxygens (including phenoxy) is 1. The second kappa shape index (κ2) is 10.8. The SMILES string of the molecule is CCCCCc1ccc(C2(C(=O)OC3CCC(CBr)CC3)CCCCC2)cc1. The third-order valence-electron chi connectivity index (χ3n) is 6.96. The molecular weight excluding hydrogens is 412 g/mol. The van der Waals surface area contributed by atoms with Crippen molar-refractivity contribution in [2.45, 2.75) is 102 Å². The summed E-state index contributed by atoms with van der Waals surface area (Å²) in [4.78, 5) is 13.4. The summed E-state index contributed by atoms with van der Waals surface area (Å²) in [5.41, 5.74) is 2.17. The highest BCUT2D eigenvalue weighted by Crippen LogP contribution is 2.42. The fourth-order valence-corrected chi connectivity index (χ4v) is 5.65. The maximum atomic E-state index is 13.4. The summed E-state index contributed by atoms with van der Waals surface area (Å²) in [6, 6.07) is 8.93. The van der Waals surface area contributed by atoms with Crippen LogP contribution in [0.25, 0.3) is 0 Å². The van der Waals surface area contributed by atoms with Crippen molar-refractivity contribution in [1.82, 2.24) is 0 Å². The molecule has 0 spiro atoms. The molecule has 0 atom stereocenters. The van der Waals surface area contributed by atoms with Crippen molar-refractivity contribution in [2.75, 3.05) is 5.33 Å². The molecule has 0 N–H and O–H groups in total. The number of unbranched alkanes of at least 4 members (excludes halogenated alkanes) is 2. The van der Waals surface area contributed by atoms with Gasteiger partial charge in [0.25, 0.3) is 0 Å². The molecule has 1 aromatic rings. The van der Waals surface area contributed by atoms with E-state index in [-0.39, 0.29) is 12.1 Å². The zero-order valence-electron chi connectivity index (χ0n) is 17.6. The van der Waals surface area contributed by atoms with Crippen LogP contribution in [0, 0.1) is 5.92 Å². The minimum absolute atomic E-state index is 0.0493. The summed E-state index contributed by atoms with van der Waals surface area (Å²) in [5, 5.41) is 1.07. The number of halogens is 1. The third kappa shape index (κ3) is 5.40. The van der Waals surface area contributed by atoms with Crippen molar-refractivity contribution < 1.29 is 9.53 Å². The van der Waals surface area contributed by atoms with Gasteiger partial charge in [-0.25, -0.2) is 0 Å². The molecule has 0 radical (unpaired) electrons. The number of hydrogen-bond acceptors (Lipinski definition) is 2. The first-order chi connectivity index (χ1) is 13.7. The molecule has 2 fully saturated rings. The van der Waals surface area contributed by atoms with E-state index >= 15 is 0 Å². The number of benzene rings is 1. The number of alkyl halides is 1. The standard InChI is InChI=1S/C25H37BrO2/c1-2-3-5-8-20-9-13-22(14-10-20)25(17-6-4-7-18-25)24(27)28-23-15-11-21(19-26)12-16-23/h9-10,13-14,21,23H,2-8,11-12,15-19H2,1H3. The molecule has 28 heavy (non-hydrogen) atoms. The third-order valence-corrected chi connectivity index (χ3v) is 7.87. The molecular formula is C25H37BrO2. The molecule has 0 heterocycles. The van der Waals surface area contributed by atoms with Crippen LogP contribution in [0.5, 0.6) is 0 Å². The van der Waals surface area contributed by atoms with Crippen molar-refractivity contribution in [3.05, 3.63) is 35.4 Å². The van der Waals surface area contributed by atoms with E-state index in [2.05, 4.69) is 47.1 Å². The van der Waals surface area contributed by atoms with Gasteiger partial charge < -0.3 is 4.74 Å². The van der Waals surface area contributed by atoms with Crippen molar-refractivity contribution in [3.63, 3.8) is 0 Å². The quantitative estimate of drug-likeness (QED) is 0.240. The lowest BCUT2D eigenvalue weighted by atomic mass is 9.69. The first-order valence-corrected chi connectivity index (χ1v) is 12.7. The highest BCUT2D eigenvalue weighted by molar-refractivity contribution is 9.09. The molecule has 3 rings (SSSR count). The molecule has 2 aliphatic rings. The average molecular weight is 449 g/mol. The van der Waals surface area contributed by atoms with Gasteiger partial charge in [-0.05, 0) is 68.4 Å². The molecule has 1 aromatic carbocycles. The fourth-order valence-electron chi connectivity index (χ4n) is 5.00. The maximum absolute atomic E-state index is 13.4. The Balaban J connectivity index is 1.68. The van der Waals surface area contributed by atoms with E-state index in [0.717, 1.165) is 56.2 Å². The minimum Gasteiger partial charge on any atom is -0.462 e. The van der Waals surface area contributed by atoms with Gasteiger partial charge in [0.1, 0.15) is 6.10 Å². The monoisotopic (exact) mass is 448 g/mol. The highest BCUT2D eigenvalue weighted by Gasteiger charge is 2.43. The lowest BCUT2D eigenvalue weighted by Gasteiger charge is -2.37. The zero-order chi connectivity index (χ0) is 19.8. The molecule has 0 bridgehead atoms. The normalized spacial score (nSPS) is 24.6. The first-order valence-electron chi connectivity index (χ1n) is 11.5. The lowest BCUT2D eigenvalue weighted by molar-refractivity contribution is -0.159. The van der Waals surface area contributed by atoms with Crippen molar-refractivity contribution in [1.29, 1.82) is 0 Å². The number of aryl methyl sites for hydroxylation is 1. The largest absolute Gasteiger partial charge is 0.462 e. The predicted molar refractivity (Wildman–Crippen MR) is 120 cm³/mol. The van der Waals surface area contributed by atoms with Gasteiger partial charge in [-0.1, -0.05) is 79.2 Å². The minimum atomic E-state index is -0.410. The van der Waals surface area contributed by atoms with Crippen LogP contribution in [0.3, 0.4) is 0 Å². The van der Waals surface area contributed by atoms with Gasteiger partial charge in [0.2, 0.25) is 0 Å². The van der Waals surface area contributed by atoms with E-state index < -0.39 is 5.41 Å². The van der Waals surface area contributed by atoms with Gasteiger partial charge in [0.05, 0.1) is 5.41 Å². The second-order valence-corrected chi connectivity index (χ2v) is 9.65. The van der Waals surface area contributed by atoms with E-state index in [0.29, 0.717) is 0 Å². The summed E-state index contributed by atoms with van der Waals surface area (Å²) in [6.07, 6.45) is 14.8. The molecule has 156 valence electrons. The van der Waals surface area contributed by atoms with Crippen LogP contribution in [0.15, 0.2) is 24.3 Å². The summed E-state index contributed by atoms with van der Waals surface area (Å²) in [5.74, 6) is 0.798. The van der Waals surface area contributed by atoms with Crippen LogP contribution in [-0.4, -0.2) is 17.4 Å². The molecule has 0 saturated heterocycles. The molecule has 0 aromatic heterocycles. The molecule has 2 nitrogen and oxygen atoms in total. The fraction of sp³-hybridized carbons (Fsp3) is 0.720. The van der Waals surface area contributed by atoms with Gasteiger partial charge in [0.15, 0.2) is 0 Å². The smallest absolute Gasteiger partial charge is 0.316 e. The van der Waals surface area contributed by atoms with Gasteiger partial charge in [-0.15, -0.1) is 0 Å².